The maximum atomic E-state index is 12.1. The number of hydrogen-bond acceptors (Lipinski definition) is 8. The van der Waals surface area contributed by atoms with E-state index >= 15 is 0 Å². The van der Waals surface area contributed by atoms with E-state index < -0.39 is 41.5 Å². The lowest BCUT2D eigenvalue weighted by atomic mass is 10.1. The van der Waals surface area contributed by atoms with Crippen molar-refractivity contribution in [1.29, 1.82) is 0 Å². The molecule has 0 fully saturated rings. The van der Waals surface area contributed by atoms with E-state index in [9.17, 15) is 31.0 Å². The Bertz CT molecular complexity index is 1670. The Kier molecular flexibility index (Phi) is 6.00. The van der Waals surface area contributed by atoms with Gasteiger partial charge < -0.3 is 8.64 Å². The lowest BCUT2D eigenvalue weighted by molar-refractivity contribution is 0.472. The molecule has 33 heavy (non-hydrogen) atoms. The van der Waals surface area contributed by atoms with Gasteiger partial charge in [-0.25, -0.2) is 0 Å². The second-order valence-corrected chi connectivity index (χ2v) is 10.2. The quantitative estimate of drug-likeness (QED) is 0.103. The van der Waals surface area contributed by atoms with Gasteiger partial charge in [0.05, 0.1) is 39.1 Å². The summed E-state index contributed by atoms with van der Waals surface area (Å²) in [5, 5.41) is 20.4. The largest absolute Gasteiger partial charge is 0.505 e. The second kappa shape index (κ2) is 8.49. The predicted octanol–water partition coefficient (Wildman–Crippen LogP) is 5.37. The number of nitrogens with zero attached hydrogens (tertiary/aromatic N) is 2. The summed E-state index contributed by atoms with van der Waals surface area (Å²) in [5.74, 6) is -0.662. The van der Waals surface area contributed by atoms with Crippen LogP contribution in [0.2, 0.25) is 0 Å². The van der Waals surface area contributed by atoms with Crippen molar-refractivity contribution >= 4 is 81.7 Å². The van der Waals surface area contributed by atoms with Crippen molar-refractivity contribution in [2.45, 2.75) is 9.79 Å². The topological polar surface area (TPSA) is 166 Å². The van der Waals surface area contributed by atoms with Gasteiger partial charge in [-0.1, -0.05) is 36.4 Å². The third-order valence-electron chi connectivity index (χ3n) is 4.83. The highest BCUT2D eigenvalue weighted by atomic mass is 127. The van der Waals surface area contributed by atoms with Crippen LogP contribution in [0.4, 0.5) is 17.1 Å². The van der Waals surface area contributed by atoms with Gasteiger partial charge in [0.1, 0.15) is 10.6 Å². The van der Waals surface area contributed by atoms with E-state index in [-0.39, 0.29) is 16.5 Å². The molecule has 0 saturated heterocycles. The molecule has 4 rings (SSSR count). The highest BCUT2D eigenvalue weighted by Crippen LogP contribution is 2.45. The first-order valence-corrected chi connectivity index (χ1v) is 13.0. The van der Waals surface area contributed by atoms with Gasteiger partial charge in [-0.3, -0.25) is 9.11 Å². The Hall–Kier alpha value is -2.85. The van der Waals surface area contributed by atoms with Crippen molar-refractivity contribution in [3.05, 3.63) is 60.7 Å². The second-order valence-electron chi connectivity index (χ2n) is 6.88. The molecule has 0 aromatic heterocycles. The molecule has 0 amide bonds. The molecule has 170 valence electrons. The third-order valence-corrected chi connectivity index (χ3v) is 7.10. The van der Waals surface area contributed by atoms with Gasteiger partial charge in [-0.2, -0.15) is 16.8 Å². The lowest BCUT2D eigenvalue weighted by Crippen LogP contribution is -2.02. The van der Waals surface area contributed by atoms with Crippen molar-refractivity contribution in [2.75, 3.05) is 3.53 Å². The summed E-state index contributed by atoms with van der Waals surface area (Å²) in [6, 6.07) is 15.5. The molecule has 0 unspecified atom stereocenters. The summed E-state index contributed by atoms with van der Waals surface area (Å²) in [6.07, 6.45) is 0. The molecule has 0 aliphatic heterocycles. The normalized spacial score (nSPS) is 12.6. The Morgan fingerprint density at radius 3 is 2.18 bits per heavy atom. The number of halogens is 1. The summed E-state index contributed by atoms with van der Waals surface area (Å²) in [7, 11) is -9.55. The van der Waals surface area contributed by atoms with E-state index in [1.165, 1.54) is 0 Å². The summed E-state index contributed by atoms with van der Waals surface area (Å²) in [6.45, 7) is 0. The van der Waals surface area contributed by atoms with Crippen LogP contribution in [0.3, 0.4) is 0 Å². The first-order valence-electron chi connectivity index (χ1n) is 9.05. The van der Waals surface area contributed by atoms with E-state index in [1.54, 1.807) is 47.1 Å². The van der Waals surface area contributed by atoms with Crippen molar-refractivity contribution in [1.82, 2.24) is 0 Å². The Labute approximate surface area is 202 Å². The summed E-state index contributed by atoms with van der Waals surface area (Å²) >= 11 is 1.68. The van der Waals surface area contributed by atoms with E-state index in [2.05, 4.69) is 13.8 Å². The first kappa shape index (κ1) is 23.3. The number of rotatable bonds is 5. The average Bonchev–Trinajstić information content (AvgIpc) is 2.76. The summed E-state index contributed by atoms with van der Waals surface area (Å²) in [5.41, 5.74) is -0.0880. The first-order chi connectivity index (χ1) is 15.5. The highest BCUT2D eigenvalue weighted by Gasteiger charge is 2.25. The molecule has 0 heterocycles. The fraction of sp³-hybridized carbons (Fsp3) is 0. The van der Waals surface area contributed by atoms with Gasteiger partial charge in [0, 0.05) is 10.8 Å². The molecular weight excluding hydrogens is 585 g/mol. The molecule has 4 aromatic carbocycles. The van der Waals surface area contributed by atoms with Crippen LogP contribution in [0.25, 0.3) is 21.5 Å². The van der Waals surface area contributed by atoms with Crippen LogP contribution in [0.5, 0.6) is 5.75 Å². The molecule has 0 saturated carbocycles. The molecule has 0 atom stereocenters. The monoisotopic (exact) mass is 599 g/mol. The lowest BCUT2D eigenvalue weighted by Gasteiger charge is -2.13. The number of nitrogens with one attached hydrogen (secondary N) is 1. The van der Waals surface area contributed by atoms with Crippen molar-refractivity contribution in [3.8, 4) is 5.75 Å². The molecule has 10 nitrogen and oxygen atoms in total. The van der Waals surface area contributed by atoms with Gasteiger partial charge in [-0.15, -0.1) is 10.2 Å². The van der Waals surface area contributed by atoms with E-state index in [1.807, 2.05) is 18.2 Å². The molecule has 0 aliphatic rings. The van der Waals surface area contributed by atoms with Crippen molar-refractivity contribution in [2.24, 2.45) is 10.2 Å². The summed E-state index contributed by atoms with van der Waals surface area (Å²) < 4.78 is 69.2. The Morgan fingerprint density at radius 1 is 0.818 bits per heavy atom. The molecule has 0 aliphatic carbocycles. The fourth-order valence-corrected chi connectivity index (χ4v) is 5.00. The molecule has 4 N–H and O–H groups in total. The minimum absolute atomic E-state index is 0.0102. The van der Waals surface area contributed by atoms with Crippen LogP contribution in [-0.2, 0) is 20.2 Å². The minimum atomic E-state index is -4.91. The number of phenolic OH excluding ortho intramolecular Hbond substituents is 1. The molecule has 4 aromatic rings. The maximum absolute atomic E-state index is 12.1. The highest BCUT2D eigenvalue weighted by molar-refractivity contribution is 14.1. The standard InChI is InChI=1S/C20H14IN3O7S2/c21-22-16-10-13(32(26,27)28)8-12-9-17(33(29,30)31)19(20(25)18(12)16)24-23-15-7-3-5-11-4-1-2-6-14(11)15/h1-10,22,25H,(H,26,27,28)(H,29,30,31). The van der Waals surface area contributed by atoms with Crippen LogP contribution >= 0.6 is 22.9 Å². The molecule has 0 radical (unpaired) electrons. The number of fused-ring (bicyclic) bond motifs is 2. The van der Waals surface area contributed by atoms with Crippen molar-refractivity contribution < 1.29 is 31.0 Å². The summed E-state index contributed by atoms with van der Waals surface area (Å²) in [4.78, 5) is -1.33. The van der Waals surface area contributed by atoms with E-state index in [4.69, 9.17) is 0 Å². The zero-order valence-corrected chi connectivity index (χ0v) is 20.1. The van der Waals surface area contributed by atoms with Crippen LogP contribution in [0, 0.1) is 0 Å². The predicted molar refractivity (Wildman–Crippen MR) is 131 cm³/mol. The third kappa shape index (κ3) is 4.49. The number of hydrogen-bond donors (Lipinski definition) is 4. The maximum Gasteiger partial charge on any atom is 0.296 e. The van der Waals surface area contributed by atoms with Gasteiger partial charge in [-0.05, 0) is 35.0 Å². The number of aromatic hydroxyl groups is 1. The molecule has 13 heteroatoms. The van der Waals surface area contributed by atoms with Gasteiger partial charge in [0.2, 0.25) is 0 Å². The van der Waals surface area contributed by atoms with Gasteiger partial charge >= 0.3 is 0 Å². The van der Waals surface area contributed by atoms with Crippen LogP contribution in [0.15, 0.2) is 80.7 Å². The Balaban J connectivity index is 2.03. The van der Waals surface area contributed by atoms with Crippen LogP contribution in [-0.4, -0.2) is 31.0 Å². The minimum Gasteiger partial charge on any atom is -0.505 e. The fourth-order valence-electron chi connectivity index (χ4n) is 3.38. The smallest absolute Gasteiger partial charge is 0.296 e. The zero-order chi connectivity index (χ0) is 24.0. The van der Waals surface area contributed by atoms with E-state index in [0.717, 1.165) is 29.0 Å². The number of anilines is 1. The van der Waals surface area contributed by atoms with E-state index in [0.29, 0.717) is 5.69 Å². The van der Waals surface area contributed by atoms with Gasteiger partial charge in [0.25, 0.3) is 20.2 Å². The van der Waals surface area contributed by atoms with Crippen LogP contribution < -0.4 is 3.53 Å². The number of azo groups is 1. The molecule has 0 bridgehead atoms. The SMILES string of the molecule is O=S(=O)(O)c1cc(NI)c2c(O)c(N=Nc3cccc4ccccc34)c(S(=O)(=O)O)cc2c1. The Morgan fingerprint density at radius 2 is 1.52 bits per heavy atom. The van der Waals surface area contributed by atoms with Crippen LogP contribution in [0.1, 0.15) is 0 Å². The molecule has 0 spiro atoms. The van der Waals surface area contributed by atoms with Crippen molar-refractivity contribution in [3.63, 3.8) is 0 Å². The zero-order valence-electron chi connectivity index (χ0n) is 16.3. The number of benzene rings is 4. The average molecular weight is 599 g/mol. The number of phenols is 1. The molecular formula is C20H14IN3O7S2. The van der Waals surface area contributed by atoms with Gasteiger partial charge in [0.15, 0.2) is 5.75 Å².